The van der Waals surface area contributed by atoms with Crippen molar-refractivity contribution < 1.29 is 58.2 Å². The average molecular weight is 723 g/mol. The zero-order valence-corrected chi connectivity index (χ0v) is 27.2. The molecular weight excluding hydrogens is 680 g/mol. The smallest absolute Gasteiger partial charge is 0.326 e. The van der Waals surface area contributed by atoms with E-state index in [0.717, 1.165) is 0 Å². The molecule has 1 rings (SSSR count). The maximum Gasteiger partial charge on any atom is 0.326 e. The Kier molecular flexibility index (Phi) is 17.7. The van der Waals surface area contributed by atoms with Crippen molar-refractivity contribution in [2.75, 3.05) is 6.61 Å². The zero-order chi connectivity index (χ0) is 38.8. The van der Waals surface area contributed by atoms with Gasteiger partial charge in [-0.15, -0.1) is 0 Å². The summed E-state index contributed by atoms with van der Waals surface area (Å²) in [6.07, 6.45) is -3.79. The number of nitrogens with two attached hydrogens (primary N) is 5. The first-order valence-corrected chi connectivity index (χ1v) is 15.1. The fraction of sp³-hybridized carbons (Fsp3) is 0.448. The van der Waals surface area contributed by atoms with E-state index < -0.39 is 134 Å². The van der Waals surface area contributed by atoms with E-state index in [0.29, 0.717) is 5.56 Å². The second kappa shape index (κ2) is 21.0. The summed E-state index contributed by atoms with van der Waals surface area (Å²) < 4.78 is 0. The molecule has 0 aliphatic rings. The van der Waals surface area contributed by atoms with Crippen LogP contribution < -0.4 is 55.3 Å². The molecule has 22 heteroatoms. The van der Waals surface area contributed by atoms with Gasteiger partial charge < -0.3 is 65.5 Å². The summed E-state index contributed by atoms with van der Waals surface area (Å²) in [7, 11) is 0. The first kappa shape index (κ1) is 42.9. The molecule has 0 saturated heterocycles. The highest BCUT2D eigenvalue weighted by Crippen LogP contribution is 2.07. The number of hydrogen-bond acceptors (Lipinski definition) is 12. The Morgan fingerprint density at radius 2 is 0.922 bits per heavy atom. The minimum Gasteiger partial charge on any atom is -0.480 e. The van der Waals surface area contributed by atoms with Gasteiger partial charge in [-0.2, -0.15) is 0 Å². The van der Waals surface area contributed by atoms with Gasteiger partial charge in [0.15, 0.2) is 0 Å². The Hall–Kier alpha value is -6.16. The predicted molar refractivity (Wildman–Crippen MR) is 172 cm³/mol. The van der Waals surface area contributed by atoms with E-state index in [1.807, 2.05) is 0 Å². The number of aliphatic carboxylic acids is 1. The highest BCUT2D eigenvalue weighted by Gasteiger charge is 2.34. The number of amides is 9. The number of aliphatic hydroxyl groups excluding tert-OH is 1. The molecule has 17 N–H and O–H groups in total. The molecule has 0 fully saturated rings. The fourth-order valence-electron chi connectivity index (χ4n) is 4.29. The van der Waals surface area contributed by atoms with Crippen molar-refractivity contribution in [2.45, 2.75) is 74.8 Å². The quantitative estimate of drug-likeness (QED) is 0.0500. The Morgan fingerprint density at radius 3 is 1.29 bits per heavy atom. The summed E-state index contributed by atoms with van der Waals surface area (Å²) in [4.78, 5) is 123. The molecule has 1 aromatic rings. The number of carbonyl (C=O) groups excluding carboxylic acids is 9. The van der Waals surface area contributed by atoms with Gasteiger partial charge in [0.2, 0.25) is 53.2 Å². The lowest BCUT2D eigenvalue weighted by molar-refractivity contribution is -0.142. The van der Waals surface area contributed by atoms with Gasteiger partial charge in [-0.25, -0.2) is 4.79 Å². The van der Waals surface area contributed by atoms with Gasteiger partial charge >= 0.3 is 5.97 Å². The van der Waals surface area contributed by atoms with Crippen LogP contribution in [-0.4, -0.2) is 112 Å². The molecule has 0 radical (unpaired) electrons. The molecule has 51 heavy (non-hydrogen) atoms. The van der Waals surface area contributed by atoms with E-state index in [9.17, 15) is 53.1 Å². The lowest BCUT2D eigenvalue weighted by Crippen LogP contribution is -2.60. The molecule has 9 amide bonds. The van der Waals surface area contributed by atoms with Crippen LogP contribution in [0, 0.1) is 0 Å². The number of rotatable bonds is 23. The number of carboxylic acid groups (broad SMARTS) is 1. The van der Waals surface area contributed by atoms with Crippen LogP contribution >= 0.6 is 0 Å². The first-order valence-electron chi connectivity index (χ1n) is 15.1. The number of carboxylic acids is 1. The highest BCUT2D eigenvalue weighted by atomic mass is 16.4. The van der Waals surface area contributed by atoms with Gasteiger partial charge in [0, 0.05) is 12.8 Å². The number of nitrogens with one attached hydrogen (secondary N) is 5. The third-order valence-electron chi connectivity index (χ3n) is 6.86. The van der Waals surface area contributed by atoms with Crippen LogP contribution in [0.4, 0.5) is 0 Å². The van der Waals surface area contributed by atoms with Gasteiger partial charge in [-0.05, 0) is 12.0 Å². The molecule has 6 atom stereocenters. The lowest BCUT2D eigenvalue weighted by atomic mass is 10.0. The molecule has 0 aliphatic heterocycles. The molecular formula is C29H42N10O12. The van der Waals surface area contributed by atoms with Gasteiger partial charge in [0.25, 0.3) is 0 Å². The normalized spacial score (nSPS) is 14.2. The van der Waals surface area contributed by atoms with E-state index in [1.54, 1.807) is 30.3 Å². The Bertz CT molecular complexity index is 1470. The second-order valence-corrected chi connectivity index (χ2v) is 11.1. The summed E-state index contributed by atoms with van der Waals surface area (Å²) in [5, 5.41) is 29.4. The molecule has 0 aliphatic carbocycles. The molecule has 0 bridgehead atoms. The van der Waals surface area contributed by atoms with Crippen LogP contribution in [0.5, 0.6) is 0 Å². The molecule has 0 unspecified atom stereocenters. The summed E-state index contributed by atoms with van der Waals surface area (Å²) >= 11 is 0. The van der Waals surface area contributed by atoms with E-state index in [2.05, 4.69) is 26.6 Å². The van der Waals surface area contributed by atoms with Gasteiger partial charge in [-0.3, -0.25) is 43.2 Å². The van der Waals surface area contributed by atoms with Crippen LogP contribution in [0.25, 0.3) is 0 Å². The number of hydrogen-bond donors (Lipinski definition) is 12. The topological polar surface area (TPSA) is 401 Å². The minimum absolute atomic E-state index is 0.184. The van der Waals surface area contributed by atoms with Crippen molar-refractivity contribution in [3.05, 3.63) is 35.9 Å². The van der Waals surface area contributed by atoms with Crippen molar-refractivity contribution in [2.24, 2.45) is 28.7 Å². The molecule has 0 saturated carbocycles. The van der Waals surface area contributed by atoms with Crippen LogP contribution in [0.3, 0.4) is 0 Å². The van der Waals surface area contributed by atoms with Crippen molar-refractivity contribution >= 4 is 59.1 Å². The van der Waals surface area contributed by atoms with E-state index in [1.165, 1.54) is 0 Å². The molecule has 0 aromatic heterocycles. The minimum atomic E-state index is -1.89. The Labute approximate surface area is 289 Å². The summed E-state index contributed by atoms with van der Waals surface area (Å²) in [6, 6.07) is -2.04. The van der Waals surface area contributed by atoms with Crippen molar-refractivity contribution in [3.8, 4) is 0 Å². The molecule has 0 spiro atoms. The molecule has 280 valence electrons. The van der Waals surface area contributed by atoms with Crippen LogP contribution in [-0.2, 0) is 54.4 Å². The van der Waals surface area contributed by atoms with E-state index >= 15 is 0 Å². The summed E-state index contributed by atoms with van der Waals surface area (Å²) in [5.41, 5.74) is 26.7. The Balaban J connectivity index is 3.28. The molecule has 1 aromatic carbocycles. The number of benzene rings is 1. The Morgan fingerprint density at radius 1 is 0.549 bits per heavy atom. The van der Waals surface area contributed by atoms with Crippen molar-refractivity contribution in [1.29, 1.82) is 0 Å². The van der Waals surface area contributed by atoms with Gasteiger partial charge in [-0.1, -0.05) is 30.3 Å². The lowest BCUT2D eigenvalue weighted by Gasteiger charge is -2.26. The standard InChI is InChI=1S/C29H42N10O12/c30-14(12-40)24(45)36-16(9-21(32)42)26(47)35-15(6-7-20(31)41)25(46)37-17(10-22(33)43)27(48)38-18(11-23(34)44)28(49)39-19(29(50)51)8-13-4-2-1-3-5-13/h1-5,14-19,40H,6-12,30H2,(H2,31,41)(H2,32,42)(H2,33,43)(H2,34,44)(H,35,47)(H,36,45)(H,37,46)(H,38,48)(H,39,49)(H,50,51)/t14-,15-,16-,17-,18-,19-/m0/s1. The molecule has 0 heterocycles. The maximum absolute atomic E-state index is 13.3. The fourth-order valence-corrected chi connectivity index (χ4v) is 4.29. The maximum atomic E-state index is 13.3. The predicted octanol–water partition coefficient (Wildman–Crippen LogP) is -7.05. The van der Waals surface area contributed by atoms with Crippen LogP contribution in [0.15, 0.2) is 30.3 Å². The average Bonchev–Trinajstić information content (AvgIpc) is 3.04. The van der Waals surface area contributed by atoms with Crippen molar-refractivity contribution in [1.82, 2.24) is 26.6 Å². The number of primary amides is 4. The second-order valence-electron chi connectivity index (χ2n) is 11.1. The summed E-state index contributed by atoms with van der Waals surface area (Å²) in [6.45, 7) is -0.834. The third kappa shape index (κ3) is 16.2. The van der Waals surface area contributed by atoms with Crippen LogP contribution in [0.1, 0.15) is 37.7 Å². The highest BCUT2D eigenvalue weighted by molar-refractivity contribution is 5.99. The van der Waals surface area contributed by atoms with Gasteiger partial charge in [0.1, 0.15) is 36.3 Å². The third-order valence-corrected chi connectivity index (χ3v) is 6.86. The van der Waals surface area contributed by atoms with Gasteiger partial charge in [0.05, 0.1) is 25.9 Å². The van der Waals surface area contributed by atoms with Crippen molar-refractivity contribution in [3.63, 3.8) is 0 Å². The zero-order valence-electron chi connectivity index (χ0n) is 27.2. The monoisotopic (exact) mass is 722 g/mol. The first-order chi connectivity index (χ1) is 23.8. The van der Waals surface area contributed by atoms with E-state index in [-0.39, 0.29) is 6.42 Å². The largest absolute Gasteiger partial charge is 0.480 e. The molecule has 22 nitrogen and oxygen atoms in total. The van der Waals surface area contributed by atoms with Crippen LogP contribution in [0.2, 0.25) is 0 Å². The number of aliphatic hydroxyl groups is 1. The summed E-state index contributed by atoms with van der Waals surface area (Å²) in [5.74, 6) is -11.7. The SMILES string of the molecule is NC(=O)CC[C@H](NC(=O)[C@H](CC(N)=O)NC(=O)[C@@H](N)CO)C(=O)N[C@@H](CC(N)=O)C(=O)N[C@@H](CC(N)=O)C(=O)N[C@@H](Cc1ccccc1)C(=O)O. The van der Waals surface area contributed by atoms with E-state index in [4.69, 9.17) is 33.8 Å². The number of carbonyl (C=O) groups is 10.